The summed E-state index contributed by atoms with van der Waals surface area (Å²) >= 11 is 7.19. The van der Waals surface area contributed by atoms with Crippen molar-refractivity contribution in [3.63, 3.8) is 0 Å². The Bertz CT molecular complexity index is 1380. The van der Waals surface area contributed by atoms with E-state index in [9.17, 15) is 13.2 Å². The van der Waals surface area contributed by atoms with E-state index in [2.05, 4.69) is 4.72 Å². The maximum absolute atomic E-state index is 13.9. The normalized spacial score (nSPS) is 18.4. The van der Waals surface area contributed by atoms with Crippen molar-refractivity contribution < 1.29 is 17.9 Å². The van der Waals surface area contributed by atoms with Gasteiger partial charge >= 0.3 is 6.09 Å². The number of sulfonamides is 1. The Morgan fingerprint density at radius 2 is 1.76 bits per heavy atom. The SMILES string of the molecule is CN(C)C1(NS(=O)(=O)c2ccc(-c3ccc(Cl)cc3)s2)CN(C(=O)OC(C)(C)C)CCc2ccccc21. The van der Waals surface area contributed by atoms with Gasteiger partial charge in [-0.3, -0.25) is 4.90 Å². The van der Waals surface area contributed by atoms with Crippen molar-refractivity contribution in [1.82, 2.24) is 14.5 Å². The molecular formula is C27H32ClN3O4S2. The van der Waals surface area contributed by atoms with E-state index in [1.54, 1.807) is 29.2 Å². The largest absolute Gasteiger partial charge is 0.444 e. The molecule has 3 aromatic rings. The Kier molecular flexibility index (Phi) is 7.74. The number of rotatable bonds is 5. The van der Waals surface area contributed by atoms with Crippen molar-refractivity contribution in [1.29, 1.82) is 0 Å². The van der Waals surface area contributed by atoms with Gasteiger partial charge in [0.05, 0.1) is 6.54 Å². The molecule has 0 fully saturated rings. The molecule has 0 radical (unpaired) electrons. The molecule has 37 heavy (non-hydrogen) atoms. The van der Waals surface area contributed by atoms with Crippen LogP contribution in [0.1, 0.15) is 31.9 Å². The summed E-state index contributed by atoms with van der Waals surface area (Å²) in [6.07, 6.45) is 0.0961. The van der Waals surface area contributed by atoms with Crippen LogP contribution in [0, 0.1) is 0 Å². The minimum Gasteiger partial charge on any atom is -0.444 e. The van der Waals surface area contributed by atoms with Gasteiger partial charge < -0.3 is 9.64 Å². The first-order valence-corrected chi connectivity index (χ1v) is 14.6. The predicted molar refractivity (Wildman–Crippen MR) is 148 cm³/mol. The quantitative estimate of drug-likeness (QED) is 0.413. The van der Waals surface area contributed by atoms with Gasteiger partial charge in [-0.25, -0.2) is 13.2 Å². The highest BCUT2D eigenvalue weighted by atomic mass is 35.5. The lowest BCUT2D eigenvalue weighted by atomic mass is 9.93. The minimum absolute atomic E-state index is 0.0839. The summed E-state index contributed by atoms with van der Waals surface area (Å²) in [5, 5.41) is 0.615. The van der Waals surface area contributed by atoms with E-state index in [1.165, 1.54) is 11.3 Å². The molecule has 10 heteroatoms. The first-order valence-electron chi connectivity index (χ1n) is 11.9. The van der Waals surface area contributed by atoms with E-state index in [-0.39, 0.29) is 10.8 Å². The summed E-state index contributed by atoms with van der Waals surface area (Å²) in [4.78, 5) is 17.4. The van der Waals surface area contributed by atoms with Gasteiger partial charge in [0, 0.05) is 16.4 Å². The third-order valence-corrected chi connectivity index (χ3v) is 9.59. The van der Waals surface area contributed by atoms with E-state index in [0.717, 1.165) is 21.6 Å². The molecule has 2 heterocycles. The first kappa shape index (κ1) is 27.6. The highest BCUT2D eigenvalue weighted by molar-refractivity contribution is 7.91. The van der Waals surface area contributed by atoms with Crippen molar-refractivity contribution in [2.45, 2.75) is 42.7 Å². The second-order valence-electron chi connectivity index (χ2n) is 10.3. The number of likely N-dealkylation sites (N-methyl/N-ethyl adjacent to an activating group) is 1. The lowest BCUT2D eigenvalue weighted by Crippen LogP contribution is -2.61. The molecule has 1 aliphatic heterocycles. The van der Waals surface area contributed by atoms with Crippen molar-refractivity contribution >= 4 is 39.1 Å². The van der Waals surface area contributed by atoms with Crippen LogP contribution in [0.5, 0.6) is 0 Å². The van der Waals surface area contributed by atoms with Crippen molar-refractivity contribution in [2.24, 2.45) is 0 Å². The summed E-state index contributed by atoms with van der Waals surface area (Å²) in [5.41, 5.74) is 0.773. The number of amides is 1. The zero-order chi connectivity index (χ0) is 27.0. The Hall–Kier alpha value is -2.43. The first-order chi connectivity index (χ1) is 17.3. The minimum atomic E-state index is -3.98. The summed E-state index contributed by atoms with van der Waals surface area (Å²) in [6.45, 7) is 5.93. The highest BCUT2D eigenvalue weighted by Crippen LogP contribution is 2.36. The fourth-order valence-corrected chi connectivity index (χ4v) is 7.24. The topological polar surface area (TPSA) is 79.0 Å². The van der Waals surface area contributed by atoms with Gasteiger partial charge in [-0.15, -0.1) is 11.3 Å². The summed E-state index contributed by atoms with van der Waals surface area (Å²) in [5.74, 6) is 0. The van der Waals surface area contributed by atoms with Crippen molar-refractivity contribution in [3.8, 4) is 10.4 Å². The molecule has 1 aliphatic rings. The highest BCUT2D eigenvalue weighted by Gasteiger charge is 2.45. The molecule has 1 aromatic heterocycles. The van der Waals surface area contributed by atoms with E-state index < -0.39 is 27.4 Å². The molecule has 0 saturated carbocycles. The number of nitrogens with one attached hydrogen (secondary N) is 1. The number of fused-ring (bicyclic) bond motifs is 1. The number of halogens is 1. The Balaban J connectivity index is 1.74. The van der Waals surface area contributed by atoms with E-state index in [0.29, 0.717) is 18.0 Å². The lowest BCUT2D eigenvalue weighted by molar-refractivity contribution is 0.00955. The second kappa shape index (κ2) is 10.4. The van der Waals surface area contributed by atoms with Crippen LogP contribution in [0.15, 0.2) is 64.9 Å². The maximum Gasteiger partial charge on any atom is 0.410 e. The van der Waals surface area contributed by atoms with E-state index in [4.69, 9.17) is 16.3 Å². The molecule has 1 N–H and O–H groups in total. The van der Waals surface area contributed by atoms with Gasteiger partial charge in [-0.2, -0.15) is 4.72 Å². The molecule has 198 valence electrons. The number of carbonyl (C=O) groups is 1. The molecule has 0 spiro atoms. The fourth-order valence-electron chi connectivity index (χ4n) is 4.39. The standard InChI is InChI=1S/C27H32ClN3O4S2/c1-26(2,3)35-25(32)31-17-16-19-8-6-7-9-22(19)27(18-31,30(4)5)29-37(33,34)24-15-14-23(36-24)20-10-12-21(28)13-11-20/h6-15,29H,16-18H2,1-5H3. The fraction of sp³-hybridized carbons (Fsp3) is 0.370. The summed E-state index contributed by atoms with van der Waals surface area (Å²) < 4.78 is 36.5. The monoisotopic (exact) mass is 561 g/mol. The summed E-state index contributed by atoms with van der Waals surface area (Å²) in [6, 6.07) is 18.4. The number of nitrogens with zero attached hydrogens (tertiary/aromatic N) is 2. The lowest BCUT2D eigenvalue weighted by Gasteiger charge is -2.42. The second-order valence-corrected chi connectivity index (χ2v) is 13.7. The molecule has 0 aliphatic carbocycles. The zero-order valence-electron chi connectivity index (χ0n) is 21.6. The number of benzene rings is 2. The van der Waals surface area contributed by atoms with Crippen LogP contribution in [0.25, 0.3) is 10.4 Å². The average Bonchev–Trinajstić information content (AvgIpc) is 3.25. The Morgan fingerprint density at radius 1 is 1.08 bits per heavy atom. The summed E-state index contributed by atoms with van der Waals surface area (Å²) in [7, 11) is -0.358. The van der Waals surface area contributed by atoms with Gasteiger partial charge in [-0.1, -0.05) is 48.0 Å². The number of ether oxygens (including phenoxy) is 1. The van der Waals surface area contributed by atoms with Crippen LogP contribution in [0.2, 0.25) is 5.02 Å². The van der Waals surface area contributed by atoms with E-state index in [1.807, 2.05) is 76.2 Å². The molecule has 0 bridgehead atoms. The van der Waals surface area contributed by atoms with Crippen LogP contribution in [0.3, 0.4) is 0 Å². The van der Waals surface area contributed by atoms with Gasteiger partial charge in [0.25, 0.3) is 10.0 Å². The van der Waals surface area contributed by atoms with Crippen LogP contribution in [-0.4, -0.2) is 57.1 Å². The molecule has 7 nitrogen and oxygen atoms in total. The van der Waals surface area contributed by atoms with Crippen LogP contribution in [0.4, 0.5) is 4.79 Å². The molecule has 4 rings (SSSR count). The smallest absolute Gasteiger partial charge is 0.410 e. The van der Waals surface area contributed by atoms with Crippen LogP contribution in [-0.2, 0) is 26.8 Å². The number of carbonyl (C=O) groups excluding carboxylic acids is 1. The predicted octanol–water partition coefficient (Wildman–Crippen LogP) is 5.55. The van der Waals surface area contributed by atoms with E-state index >= 15 is 0 Å². The molecular weight excluding hydrogens is 530 g/mol. The molecule has 2 aromatic carbocycles. The third kappa shape index (κ3) is 6.02. The molecule has 1 unspecified atom stereocenters. The van der Waals surface area contributed by atoms with Crippen LogP contribution >= 0.6 is 22.9 Å². The van der Waals surface area contributed by atoms with Gasteiger partial charge in [0.2, 0.25) is 0 Å². The number of hydrogen-bond acceptors (Lipinski definition) is 6. The maximum atomic E-state index is 13.9. The van der Waals surface area contributed by atoms with Gasteiger partial charge in [0.15, 0.2) is 0 Å². The Morgan fingerprint density at radius 3 is 2.41 bits per heavy atom. The third-order valence-electron chi connectivity index (χ3n) is 6.23. The average molecular weight is 562 g/mol. The molecule has 0 saturated heterocycles. The van der Waals surface area contributed by atoms with Gasteiger partial charge in [0.1, 0.15) is 15.5 Å². The van der Waals surface area contributed by atoms with Crippen molar-refractivity contribution in [2.75, 3.05) is 27.2 Å². The molecule has 1 amide bonds. The Labute approximate surface area is 228 Å². The van der Waals surface area contributed by atoms with Gasteiger partial charge in [-0.05, 0) is 82.2 Å². The zero-order valence-corrected chi connectivity index (χ0v) is 24.0. The number of thiophene rings is 1. The van der Waals surface area contributed by atoms with Crippen molar-refractivity contribution in [3.05, 3.63) is 76.8 Å². The molecule has 1 atom stereocenters. The van der Waals surface area contributed by atoms with Crippen LogP contribution < -0.4 is 4.72 Å². The number of hydrogen-bond donors (Lipinski definition) is 1.